The Morgan fingerprint density at radius 3 is 2.75 bits per heavy atom. The van der Waals surface area contributed by atoms with Gasteiger partial charge in [-0.2, -0.15) is 0 Å². The smallest absolute Gasteiger partial charge is 0.226 e. The molecule has 1 aliphatic heterocycles. The van der Waals surface area contributed by atoms with Crippen LogP contribution in [0.25, 0.3) is 0 Å². The highest BCUT2D eigenvalue weighted by Crippen LogP contribution is 2.27. The zero-order valence-corrected chi connectivity index (χ0v) is 9.27. The second-order valence-electron chi connectivity index (χ2n) is 4.06. The van der Waals surface area contributed by atoms with Gasteiger partial charge in [0, 0.05) is 18.7 Å². The molecule has 0 spiro atoms. The maximum atomic E-state index is 11.7. The third-order valence-electron chi connectivity index (χ3n) is 2.90. The molecule has 1 saturated heterocycles. The molecule has 0 aromatic heterocycles. The summed E-state index contributed by atoms with van der Waals surface area (Å²) in [5.41, 5.74) is 2.23. The molecule has 4 heteroatoms. The molecule has 1 aliphatic rings. The fourth-order valence-corrected chi connectivity index (χ4v) is 2.06. The minimum Gasteiger partial charge on any atom is -0.312 e. The number of hydrogen-bond donors (Lipinski definition) is 0. The van der Waals surface area contributed by atoms with Crippen molar-refractivity contribution < 1.29 is 4.79 Å². The third-order valence-corrected chi connectivity index (χ3v) is 2.90. The van der Waals surface area contributed by atoms with Gasteiger partial charge in [-0.3, -0.25) is 4.79 Å². The predicted octanol–water partition coefficient (Wildman–Crippen LogP) is 2.91. The van der Waals surface area contributed by atoms with Crippen LogP contribution in [0.1, 0.15) is 24.8 Å². The summed E-state index contributed by atoms with van der Waals surface area (Å²) < 4.78 is 0. The summed E-state index contributed by atoms with van der Waals surface area (Å²) in [7, 11) is 0. The van der Waals surface area contributed by atoms with Crippen molar-refractivity contribution in [2.75, 3.05) is 11.4 Å². The summed E-state index contributed by atoms with van der Waals surface area (Å²) in [5, 5.41) is 2.88. The van der Waals surface area contributed by atoms with Crippen LogP contribution in [0.3, 0.4) is 0 Å². The van der Waals surface area contributed by atoms with Gasteiger partial charge in [0.25, 0.3) is 0 Å². The highest BCUT2D eigenvalue weighted by molar-refractivity contribution is 5.94. The van der Waals surface area contributed by atoms with Gasteiger partial charge in [-0.25, -0.2) is 0 Å². The average Bonchev–Trinajstić information content (AvgIpc) is 2.30. The summed E-state index contributed by atoms with van der Waals surface area (Å²) in [6, 6.07) is 5.16. The normalized spacial score (nSPS) is 16.3. The van der Waals surface area contributed by atoms with E-state index in [1.54, 1.807) is 23.1 Å². The van der Waals surface area contributed by atoms with Crippen LogP contribution >= 0.6 is 0 Å². The molecule has 0 atom stereocenters. The van der Waals surface area contributed by atoms with Crippen molar-refractivity contribution in [1.82, 2.24) is 0 Å². The van der Waals surface area contributed by atoms with Gasteiger partial charge in [-0.05, 0) is 48.7 Å². The van der Waals surface area contributed by atoms with Crippen molar-refractivity contribution in [1.29, 1.82) is 0 Å². The van der Waals surface area contributed by atoms with Gasteiger partial charge < -0.3 is 4.90 Å². The van der Waals surface area contributed by atoms with Crippen LogP contribution in [0.5, 0.6) is 0 Å². The van der Waals surface area contributed by atoms with E-state index in [0.717, 1.165) is 30.6 Å². The summed E-state index contributed by atoms with van der Waals surface area (Å²) in [6.45, 7) is 2.67. The largest absolute Gasteiger partial charge is 0.312 e. The number of nitrogens with zero attached hydrogens (tertiary/aromatic N) is 2. The molecule has 0 aliphatic carbocycles. The molecule has 4 nitrogen and oxygen atoms in total. The molecular weight excluding hydrogens is 204 g/mol. The molecule has 0 unspecified atom stereocenters. The van der Waals surface area contributed by atoms with E-state index in [1.807, 2.05) is 6.92 Å². The quantitative estimate of drug-likeness (QED) is 0.716. The average molecular weight is 218 g/mol. The van der Waals surface area contributed by atoms with Crippen molar-refractivity contribution in [3.8, 4) is 0 Å². The van der Waals surface area contributed by atoms with Crippen LogP contribution in [0.2, 0.25) is 0 Å². The maximum absolute atomic E-state index is 11.7. The first kappa shape index (κ1) is 10.8. The standard InChI is InChI=1S/C12H14N2O2/c1-9-8-10(13-16)5-6-11(9)14-7-3-2-4-12(14)15/h5-6,8H,2-4,7H2,1H3. The van der Waals surface area contributed by atoms with Crippen LogP contribution in [-0.2, 0) is 4.79 Å². The monoisotopic (exact) mass is 218 g/mol. The summed E-state index contributed by atoms with van der Waals surface area (Å²) in [5.74, 6) is 0.168. The zero-order valence-electron chi connectivity index (χ0n) is 9.27. The third kappa shape index (κ3) is 1.96. The Morgan fingerprint density at radius 2 is 2.12 bits per heavy atom. The highest BCUT2D eigenvalue weighted by Gasteiger charge is 2.20. The van der Waals surface area contributed by atoms with Crippen LogP contribution < -0.4 is 4.90 Å². The van der Waals surface area contributed by atoms with E-state index in [2.05, 4.69) is 5.18 Å². The topological polar surface area (TPSA) is 49.7 Å². The number of anilines is 1. The molecule has 0 bridgehead atoms. The van der Waals surface area contributed by atoms with Gasteiger partial charge in [0.2, 0.25) is 5.91 Å². The number of carbonyl (C=O) groups excluding carboxylic acids is 1. The van der Waals surface area contributed by atoms with Crippen molar-refractivity contribution in [2.45, 2.75) is 26.2 Å². The first-order valence-corrected chi connectivity index (χ1v) is 5.47. The van der Waals surface area contributed by atoms with Crippen LogP contribution in [-0.4, -0.2) is 12.5 Å². The minimum atomic E-state index is 0.168. The van der Waals surface area contributed by atoms with E-state index in [-0.39, 0.29) is 5.91 Å². The number of benzene rings is 1. The molecule has 0 N–H and O–H groups in total. The Hall–Kier alpha value is -1.71. The van der Waals surface area contributed by atoms with Gasteiger partial charge in [0.1, 0.15) is 5.69 Å². The number of carbonyl (C=O) groups is 1. The Labute approximate surface area is 94.2 Å². The Kier molecular flexibility index (Phi) is 2.99. The van der Waals surface area contributed by atoms with Gasteiger partial charge in [-0.15, -0.1) is 4.91 Å². The van der Waals surface area contributed by atoms with E-state index in [1.165, 1.54) is 0 Å². The Morgan fingerprint density at radius 1 is 1.31 bits per heavy atom. The molecule has 1 aromatic carbocycles. The lowest BCUT2D eigenvalue weighted by molar-refractivity contribution is -0.119. The number of amides is 1. The van der Waals surface area contributed by atoms with E-state index in [0.29, 0.717) is 12.1 Å². The summed E-state index contributed by atoms with van der Waals surface area (Å²) in [4.78, 5) is 23.9. The van der Waals surface area contributed by atoms with Crippen LogP contribution in [0, 0.1) is 11.8 Å². The number of hydrogen-bond acceptors (Lipinski definition) is 3. The second-order valence-corrected chi connectivity index (χ2v) is 4.06. The van der Waals surface area contributed by atoms with Gasteiger partial charge in [0.05, 0.1) is 0 Å². The highest BCUT2D eigenvalue weighted by atomic mass is 16.3. The fraction of sp³-hybridized carbons (Fsp3) is 0.417. The van der Waals surface area contributed by atoms with E-state index < -0.39 is 0 Å². The van der Waals surface area contributed by atoms with Gasteiger partial charge in [0.15, 0.2) is 0 Å². The fourth-order valence-electron chi connectivity index (χ4n) is 2.06. The molecule has 1 amide bonds. The van der Waals surface area contributed by atoms with E-state index in [4.69, 9.17) is 0 Å². The van der Waals surface area contributed by atoms with Gasteiger partial charge >= 0.3 is 0 Å². The second kappa shape index (κ2) is 4.43. The Balaban J connectivity index is 2.32. The van der Waals surface area contributed by atoms with Gasteiger partial charge in [-0.1, -0.05) is 0 Å². The lowest BCUT2D eigenvalue weighted by Crippen LogP contribution is -2.35. The SMILES string of the molecule is Cc1cc(N=O)ccc1N1CCCCC1=O. The lowest BCUT2D eigenvalue weighted by atomic mass is 10.1. The number of aryl methyl sites for hydroxylation is 1. The number of rotatable bonds is 2. The molecule has 2 rings (SSSR count). The molecule has 0 saturated carbocycles. The molecule has 0 radical (unpaired) electrons. The molecule has 84 valence electrons. The molecule has 1 fully saturated rings. The van der Waals surface area contributed by atoms with Crippen molar-refractivity contribution in [3.05, 3.63) is 28.7 Å². The zero-order chi connectivity index (χ0) is 11.5. The van der Waals surface area contributed by atoms with Crippen molar-refractivity contribution in [2.24, 2.45) is 5.18 Å². The number of nitroso groups, excluding NO2 is 1. The van der Waals surface area contributed by atoms with Crippen LogP contribution in [0.15, 0.2) is 23.4 Å². The predicted molar refractivity (Wildman–Crippen MR) is 62.8 cm³/mol. The maximum Gasteiger partial charge on any atom is 0.226 e. The van der Waals surface area contributed by atoms with Crippen LogP contribution in [0.4, 0.5) is 11.4 Å². The summed E-state index contributed by atoms with van der Waals surface area (Å²) in [6.07, 6.45) is 2.63. The molecular formula is C12H14N2O2. The van der Waals surface area contributed by atoms with E-state index >= 15 is 0 Å². The first-order chi connectivity index (χ1) is 7.72. The van der Waals surface area contributed by atoms with Crippen molar-refractivity contribution >= 4 is 17.3 Å². The lowest BCUT2D eigenvalue weighted by Gasteiger charge is -2.28. The molecule has 16 heavy (non-hydrogen) atoms. The number of piperidine rings is 1. The van der Waals surface area contributed by atoms with E-state index in [9.17, 15) is 9.70 Å². The first-order valence-electron chi connectivity index (χ1n) is 5.47. The molecule has 1 aromatic rings. The molecule has 1 heterocycles. The van der Waals surface area contributed by atoms with Crippen molar-refractivity contribution in [3.63, 3.8) is 0 Å². The summed E-state index contributed by atoms with van der Waals surface area (Å²) >= 11 is 0. The minimum absolute atomic E-state index is 0.168. The Bertz CT molecular complexity index is 429.